The smallest absolute Gasteiger partial charge is 0.336 e. The summed E-state index contributed by atoms with van der Waals surface area (Å²) in [7, 11) is -4.17. The van der Waals surface area contributed by atoms with Crippen LogP contribution in [0.15, 0.2) is 136 Å². The molecule has 5 rings (SSSR count). The molecule has 0 amide bonds. The number of allylic oxidation sites excluding steroid dienone is 1. The van der Waals surface area contributed by atoms with E-state index in [1.54, 1.807) is 37.3 Å². The lowest BCUT2D eigenvalue weighted by molar-refractivity contribution is -0.138. The Balaban J connectivity index is 1.90. The van der Waals surface area contributed by atoms with Crippen LogP contribution in [-0.4, -0.2) is 25.3 Å². The van der Waals surface area contributed by atoms with Crippen molar-refractivity contribution in [2.75, 3.05) is 6.61 Å². The fourth-order valence-electron chi connectivity index (χ4n) is 4.88. The van der Waals surface area contributed by atoms with Gasteiger partial charge < -0.3 is 4.74 Å². The number of halogens is 1. The van der Waals surface area contributed by atoms with Gasteiger partial charge in [-0.15, -0.1) is 0 Å². The molecule has 1 aliphatic rings. The van der Waals surface area contributed by atoms with Gasteiger partial charge in [0, 0.05) is 10.0 Å². The summed E-state index contributed by atoms with van der Waals surface area (Å²) < 4.78 is 36.8. The monoisotopic (exact) mass is 613 g/mol. The van der Waals surface area contributed by atoms with Crippen LogP contribution >= 0.6 is 15.9 Å². The van der Waals surface area contributed by atoms with Crippen molar-refractivity contribution in [1.82, 2.24) is 4.31 Å². The van der Waals surface area contributed by atoms with E-state index in [0.29, 0.717) is 21.3 Å². The maximum absolute atomic E-state index is 14.6. The molecule has 0 bridgehead atoms. The molecule has 7 heteroatoms. The van der Waals surface area contributed by atoms with Crippen molar-refractivity contribution in [2.45, 2.75) is 24.8 Å². The van der Waals surface area contributed by atoms with E-state index >= 15 is 0 Å². The Morgan fingerprint density at radius 3 is 1.93 bits per heavy atom. The third-order valence-electron chi connectivity index (χ3n) is 6.73. The standard InChI is InChI=1S/C33H28BrNO4S/c1-3-39-33(36)28-22-30(31(24-12-6-4-7-13-24)25-14-8-5-9-15-25)35(32(28)27-16-10-11-17-29(27)34)40(37,38)26-20-18-23(2)19-21-26/h4-22,32H,3H2,1-2H3. The molecule has 1 unspecified atom stereocenters. The number of nitrogens with zero attached hydrogens (tertiary/aromatic N) is 1. The van der Waals surface area contributed by atoms with Gasteiger partial charge >= 0.3 is 5.97 Å². The normalized spacial score (nSPS) is 15.1. The molecule has 4 aromatic carbocycles. The Labute approximate surface area is 243 Å². The van der Waals surface area contributed by atoms with E-state index in [-0.39, 0.29) is 17.1 Å². The van der Waals surface area contributed by atoms with E-state index < -0.39 is 22.0 Å². The summed E-state index contributed by atoms with van der Waals surface area (Å²) in [6, 6.07) is 32.4. The van der Waals surface area contributed by atoms with Crippen LogP contribution in [0.1, 0.15) is 35.2 Å². The molecule has 40 heavy (non-hydrogen) atoms. The second kappa shape index (κ2) is 11.7. The molecule has 0 spiro atoms. The van der Waals surface area contributed by atoms with Gasteiger partial charge in [0.1, 0.15) is 6.04 Å². The van der Waals surface area contributed by atoms with Gasteiger partial charge in [-0.25, -0.2) is 13.2 Å². The third kappa shape index (κ3) is 5.27. The first-order valence-corrected chi connectivity index (χ1v) is 15.2. The first kappa shape index (κ1) is 27.6. The number of carbonyl (C=O) groups is 1. The SMILES string of the molecule is CCOC(=O)C1=CC(=C(c2ccccc2)c2ccccc2)N(S(=O)(=O)c2ccc(C)cc2)C1c1ccccc1Br. The molecule has 0 aromatic heterocycles. The van der Waals surface area contributed by atoms with E-state index in [0.717, 1.165) is 16.7 Å². The lowest BCUT2D eigenvalue weighted by Gasteiger charge is -2.31. The van der Waals surface area contributed by atoms with Crippen molar-refractivity contribution in [2.24, 2.45) is 0 Å². The number of rotatable bonds is 7. The summed E-state index contributed by atoms with van der Waals surface area (Å²) >= 11 is 3.61. The largest absolute Gasteiger partial charge is 0.463 e. The Morgan fingerprint density at radius 1 is 0.825 bits per heavy atom. The second-order valence-electron chi connectivity index (χ2n) is 9.35. The molecule has 0 aliphatic carbocycles. The Bertz CT molecular complexity index is 1660. The topological polar surface area (TPSA) is 63.7 Å². The summed E-state index contributed by atoms with van der Waals surface area (Å²) in [6.07, 6.45) is 1.67. The zero-order chi connectivity index (χ0) is 28.3. The predicted octanol–water partition coefficient (Wildman–Crippen LogP) is 7.45. The maximum Gasteiger partial charge on any atom is 0.336 e. The van der Waals surface area contributed by atoms with Gasteiger partial charge in [-0.05, 0) is 54.8 Å². The lowest BCUT2D eigenvalue weighted by Crippen LogP contribution is -2.33. The van der Waals surface area contributed by atoms with Crippen molar-refractivity contribution in [3.05, 3.63) is 153 Å². The van der Waals surface area contributed by atoms with Crippen LogP contribution in [0.25, 0.3) is 5.57 Å². The number of benzene rings is 4. The average molecular weight is 615 g/mol. The van der Waals surface area contributed by atoms with Crippen LogP contribution in [0.5, 0.6) is 0 Å². The predicted molar refractivity (Wildman–Crippen MR) is 161 cm³/mol. The Hall–Kier alpha value is -3.94. The summed E-state index contributed by atoms with van der Waals surface area (Å²) in [6.45, 7) is 3.80. The summed E-state index contributed by atoms with van der Waals surface area (Å²) in [4.78, 5) is 13.6. The molecule has 0 saturated carbocycles. The average Bonchev–Trinajstić information content (AvgIpc) is 3.36. The highest BCUT2D eigenvalue weighted by atomic mass is 79.9. The minimum atomic E-state index is -4.17. The van der Waals surface area contributed by atoms with Crippen molar-refractivity contribution in [1.29, 1.82) is 0 Å². The van der Waals surface area contributed by atoms with Crippen LogP contribution < -0.4 is 0 Å². The van der Waals surface area contributed by atoms with E-state index in [9.17, 15) is 13.2 Å². The zero-order valence-electron chi connectivity index (χ0n) is 22.1. The van der Waals surface area contributed by atoms with Gasteiger partial charge in [-0.2, -0.15) is 0 Å². The number of esters is 1. The first-order chi connectivity index (χ1) is 19.3. The van der Waals surface area contributed by atoms with E-state index in [2.05, 4.69) is 15.9 Å². The van der Waals surface area contributed by atoms with Gasteiger partial charge in [0.2, 0.25) is 0 Å². The number of ether oxygens (including phenoxy) is 1. The van der Waals surface area contributed by atoms with Crippen molar-refractivity contribution in [3.63, 3.8) is 0 Å². The number of hydrogen-bond donors (Lipinski definition) is 0. The van der Waals surface area contributed by atoms with E-state index in [4.69, 9.17) is 4.74 Å². The molecular formula is C33H28BrNO4S. The molecule has 0 radical (unpaired) electrons. The van der Waals surface area contributed by atoms with Gasteiger partial charge in [-0.1, -0.05) is 112 Å². The molecule has 5 nitrogen and oxygen atoms in total. The minimum absolute atomic E-state index is 0.131. The zero-order valence-corrected chi connectivity index (χ0v) is 24.5. The molecule has 0 saturated heterocycles. The fraction of sp³-hybridized carbons (Fsp3) is 0.121. The quantitative estimate of drug-likeness (QED) is 0.203. The fourth-order valence-corrected chi connectivity index (χ4v) is 6.99. The molecule has 1 heterocycles. The Morgan fingerprint density at radius 2 is 1.38 bits per heavy atom. The maximum atomic E-state index is 14.6. The molecular weight excluding hydrogens is 586 g/mol. The molecule has 1 atom stereocenters. The summed E-state index contributed by atoms with van der Waals surface area (Å²) in [5.74, 6) is -0.567. The lowest BCUT2D eigenvalue weighted by atomic mass is 9.96. The minimum Gasteiger partial charge on any atom is -0.463 e. The van der Waals surface area contributed by atoms with Gasteiger partial charge in [0.05, 0.1) is 22.8 Å². The highest BCUT2D eigenvalue weighted by molar-refractivity contribution is 9.10. The van der Waals surface area contributed by atoms with Crippen LogP contribution in [0.3, 0.4) is 0 Å². The van der Waals surface area contributed by atoms with Gasteiger partial charge in [0.15, 0.2) is 0 Å². The highest BCUT2D eigenvalue weighted by Gasteiger charge is 2.45. The second-order valence-corrected chi connectivity index (χ2v) is 12.0. The van der Waals surface area contributed by atoms with Gasteiger partial charge in [0.25, 0.3) is 10.0 Å². The number of aryl methyl sites for hydroxylation is 1. The van der Waals surface area contributed by atoms with Crippen molar-refractivity contribution >= 4 is 37.5 Å². The van der Waals surface area contributed by atoms with Gasteiger partial charge in [-0.3, -0.25) is 4.31 Å². The van der Waals surface area contributed by atoms with Crippen LogP contribution in [-0.2, 0) is 19.6 Å². The van der Waals surface area contributed by atoms with E-state index in [1.807, 2.05) is 91.9 Å². The molecule has 4 aromatic rings. The van der Waals surface area contributed by atoms with E-state index in [1.165, 1.54) is 4.31 Å². The summed E-state index contributed by atoms with van der Waals surface area (Å²) in [5, 5.41) is 0. The first-order valence-electron chi connectivity index (χ1n) is 12.9. The molecule has 0 fully saturated rings. The molecule has 0 N–H and O–H groups in total. The summed E-state index contributed by atoms with van der Waals surface area (Å²) in [5.41, 5.74) is 4.53. The van der Waals surface area contributed by atoms with Crippen molar-refractivity contribution in [3.8, 4) is 0 Å². The van der Waals surface area contributed by atoms with Crippen LogP contribution in [0.2, 0.25) is 0 Å². The number of carbonyl (C=O) groups excluding carboxylic acids is 1. The van der Waals surface area contributed by atoms with Crippen molar-refractivity contribution < 1.29 is 17.9 Å². The number of hydrogen-bond acceptors (Lipinski definition) is 4. The Kier molecular flexibility index (Phi) is 8.05. The molecule has 1 aliphatic heterocycles. The molecule has 202 valence electrons. The highest BCUT2D eigenvalue weighted by Crippen LogP contribution is 2.48. The van der Waals surface area contributed by atoms with Crippen LogP contribution in [0, 0.1) is 6.92 Å². The number of sulfonamides is 1. The third-order valence-corrected chi connectivity index (χ3v) is 9.24. The van der Waals surface area contributed by atoms with Crippen LogP contribution in [0.4, 0.5) is 0 Å².